The van der Waals surface area contributed by atoms with Crippen molar-refractivity contribution in [2.24, 2.45) is 0 Å². The lowest BCUT2D eigenvalue weighted by atomic mass is 10.3. The summed E-state index contributed by atoms with van der Waals surface area (Å²) in [5.74, 6) is 0.911. The molecule has 0 atom stereocenters. The first-order valence-corrected chi connectivity index (χ1v) is 6.19. The average molecular weight is 195 g/mol. The van der Waals surface area contributed by atoms with Crippen LogP contribution in [0.1, 0.15) is 0 Å². The van der Waals surface area contributed by atoms with Crippen LogP contribution in [0.3, 0.4) is 0 Å². The van der Waals surface area contributed by atoms with Crippen molar-refractivity contribution in [2.75, 3.05) is 19.1 Å². The highest BCUT2D eigenvalue weighted by Gasteiger charge is 2.06. The molecule has 1 aromatic carbocycles. The Kier molecular flexibility index (Phi) is 3.90. The highest BCUT2D eigenvalue weighted by atomic mass is 32.2. The summed E-state index contributed by atoms with van der Waals surface area (Å²) in [5, 5.41) is 0. The molecule has 1 nitrogen and oxygen atoms in total. The van der Waals surface area contributed by atoms with Gasteiger partial charge in [-0.2, -0.15) is 0 Å². The molecule has 1 aromatic rings. The summed E-state index contributed by atoms with van der Waals surface area (Å²) in [7, 11) is 0.331. The molecule has 13 heavy (non-hydrogen) atoms. The maximum Gasteiger partial charge on any atom is 0.154 e. The summed E-state index contributed by atoms with van der Waals surface area (Å²) in [4.78, 5) is 1.37. The van der Waals surface area contributed by atoms with Gasteiger partial charge in [-0.1, -0.05) is 12.7 Å². The minimum Gasteiger partial charge on any atom is -0.490 e. The van der Waals surface area contributed by atoms with Crippen LogP contribution in [0.4, 0.5) is 0 Å². The normalized spacial score (nSPS) is 10.1. The second-order valence-corrected chi connectivity index (χ2v) is 4.99. The van der Waals surface area contributed by atoms with Gasteiger partial charge in [-0.25, -0.2) is 0 Å². The Morgan fingerprint density at radius 2 is 1.92 bits per heavy atom. The lowest BCUT2D eigenvalue weighted by Gasteiger charge is -2.02. The van der Waals surface area contributed by atoms with Crippen molar-refractivity contribution in [2.45, 2.75) is 4.90 Å². The van der Waals surface area contributed by atoms with Crippen LogP contribution in [0.2, 0.25) is 0 Å². The highest BCUT2D eigenvalue weighted by molar-refractivity contribution is 7.95. The van der Waals surface area contributed by atoms with Crippen molar-refractivity contribution in [3.63, 3.8) is 0 Å². The second-order valence-electron chi connectivity index (χ2n) is 2.89. The Hall–Kier alpha value is -0.890. The van der Waals surface area contributed by atoms with Gasteiger partial charge in [0.2, 0.25) is 0 Å². The molecular formula is C11H15OS+. The summed E-state index contributed by atoms with van der Waals surface area (Å²) < 4.78 is 5.37. The zero-order valence-corrected chi connectivity index (χ0v) is 8.93. The zero-order valence-electron chi connectivity index (χ0n) is 8.12. The van der Waals surface area contributed by atoms with Gasteiger partial charge in [0.25, 0.3) is 0 Å². The molecule has 70 valence electrons. The Bertz CT molecular complexity index is 264. The van der Waals surface area contributed by atoms with E-state index in [0.29, 0.717) is 17.5 Å². The van der Waals surface area contributed by atoms with Crippen LogP contribution in [0, 0.1) is 0 Å². The smallest absolute Gasteiger partial charge is 0.154 e. The fourth-order valence-corrected chi connectivity index (χ4v) is 1.64. The van der Waals surface area contributed by atoms with Crippen LogP contribution in [0.15, 0.2) is 41.8 Å². The zero-order chi connectivity index (χ0) is 9.68. The van der Waals surface area contributed by atoms with E-state index in [1.54, 1.807) is 6.08 Å². The first-order valence-electron chi connectivity index (χ1n) is 4.15. The van der Waals surface area contributed by atoms with E-state index in [1.165, 1.54) is 4.90 Å². The van der Waals surface area contributed by atoms with Crippen LogP contribution >= 0.6 is 0 Å². The molecule has 0 aromatic heterocycles. The summed E-state index contributed by atoms with van der Waals surface area (Å²) in [6.07, 6.45) is 6.16. The Morgan fingerprint density at radius 3 is 2.38 bits per heavy atom. The summed E-state index contributed by atoms with van der Waals surface area (Å²) >= 11 is 0. The topological polar surface area (TPSA) is 9.23 Å². The van der Waals surface area contributed by atoms with E-state index in [4.69, 9.17) is 4.74 Å². The maximum atomic E-state index is 5.37. The second kappa shape index (κ2) is 4.97. The summed E-state index contributed by atoms with van der Waals surface area (Å²) in [6, 6.07) is 8.24. The molecule has 0 N–H and O–H groups in total. The van der Waals surface area contributed by atoms with Crippen LogP contribution < -0.4 is 4.74 Å². The van der Waals surface area contributed by atoms with Crippen molar-refractivity contribution in [3.8, 4) is 5.75 Å². The SMILES string of the molecule is C=CCOc1ccc([S+](C)C)cc1. The van der Waals surface area contributed by atoms with Gasteiger partial charge in [-0.05, 0) is 24.3 Å². The van der Waals surface area contributed by atoms with Crippen LogP contribution in [-0.2, 0) is 10.9 Å². The van der Waals surface area contributed by atoms with Crippen molar-refractivity contribution in [1.29, 1.82) is 0 Å². The van der Waals surface area contributed by atoms with Crippen molar-refractivity contribution in [3.05, 3.63) is 36.9 Å². The number of hydrogen-bond donors (Lipinski definition) is 0. The maximum absolute atomic E-state index is 5.37. The van der Waals surface area contributed by atoms with Crippen LogP contribution in [0.25, 0.3) is 0 Å². The molecule has 0 aliphatic rings. The van der Waals surface area contributed by atoms with E-state index in [2.05, 4.69) is 31.2 Å². The molecule has 0 spiro atoms. The molecule has 2 heteroatoms. The molecule has 0 saturated carbocycles. The molecule has 0 unspecified atom stereocenters. The van der Waals surface area contributed by atoms with Crippen molar-refractivity contribution < 1.29 is 4.74 Å². The molecular weight excluding hydrogens is 180 g/mol. The lowest BCUT2D eigenvalue weighted by molar-refractivity contribution is 0.363. The van der Waals surface area contributed by atoms with E-state index in [0.717, 1.165) is 5.75 Å². The number of ether oxygens (including phenoxy) is 1. The van der Waals surface area contributed by atoms with E-state index in [-0.39, 0.29) is 0 Å². The van der Waals surface area contributed by atoms with Gasteiger partial charge in [0.1, 0.15) is 24.9 Å². The predicted octanol–water partition coefficient (Wildman–Crippen LogP) is 2.49. The minimum atomic E-state index is 0.331. The lowest BCUT2D eigenvalue weighted by Crippen LogP contribution is -1.96. The van der Waals surface area contributed by atoms with Crippen molar-refractivity contribution >= 4 is 10.9 Å². The molecule has 1 rings (SSSR count). The number of benzene rings is 1. The van der Waals surface area contributed by atoms with Gasteiger partial charge in [-0.15, -0.1) is 0 Å². The fraction of sp³-hybridized carbons (Fsp3) is 0.273. The third-order valence-corrected chi connectivity index (χ3v) is 2.88. The standard InChI is InChI=1S/C11H15OS/c1-4-9-12-10-5-7-11(8-6-10)13(2)3/h4-8H,1,9H2,2-3H3/q+1. The first-order chi connectivity index (χ1) is 6.24. The van der Waals surface area contributed by atoms with Gasteiger partial charge in [-0.3, -0.25) is 0 Å². The molecule has 0 aliphatic heterocycles. The molecule has 0 bridgehead atoms. The fourth-order valence-electron chi connectivity index (χ4n) is 0.963. The van der Waals surface area contributed by atoms with Crippen LogP contribution in [-0.4, -0.2) is 19.1 Å². The van der Waals surface area contributed by atoms with Gasteiger partial charge in [0.15, 0.2) is 4.90 Å². The quantitative estimate of drug-likeness (QED) is 0.530. The van der Waals surface area contributed by atoms with Gasteiger partial charge >= 0.3 is 0 Å². The first kappa shape index (κ1) is 10.2. The van der Waals surface area contributed by atoms with Gasteiger partial charge < -0.3 is 4.74 Å². The largest absolute Gasteiger partial charge is 0.490 e. The highest BCUT2D eigenvalue weighted by Crippen LogP contribution is 2.15. The summed E-state index contributed by atoms with van der Waals surface area (Å²) in [5.41, 5.74) is 0. The third kappa shape index (κ3) is 3.15. The predicted molar refractivity (Wildman–Crippen MR) is 59.6 cm³/mol. The van der Waals surface area contributed by atoms with E-state index in [9.17, 15) is 0 Å². The summed E-state index contributed by atoms with van der Waals surface area (Å²) in [6.45, 7) is 4.17. The third-order valence-electron chi connectivity index (χ3n) is 1.66. The number of hydrogen-bond acceptors (Lipinski definition) is 1. The van der Waals surface area contributed by atoms with E-state index < -0.39 is 0 Å². The van der Waals surface area contributed by atoms with E-state index >= 15 is 0 Å². The Balaban J connectivity index is 2.64. The molecule has 0 heterocycles. The Labute approximate surface area is 82.8 Å². The van der Waals surface area contributed by atoms with E-state index in [1.807, 2.05) is 12.1 Å². The minimum absolute atomic E-state index is 0.331. The molecule has 0 amide bonds. The van der Waals surface area contributed by atoms with Gasteiger partial charge in [0, 0.05) is 10.9 Å². The molecule has 0 aliphatic carbocycles. The molecule has 0 saturated heterocycles. The molecule has 0 fully saturated rings. The monoisotopic (exact) mass is 195 g/mol. The van der Waals surface area contributed by atoms with Crippen LogP contribution in [0.5, 0.6) is 5.75 Å². The average Bonchev–Trinajstić information content (AvgIpc) is 2.15. The van der Waals surface area contributed by atoms with Gasteiger partial charge in [0.05, 0.1) is 0 Å². The van der Waals surface area contributed by atoms with Crippen molar-refractivity contribution in [1.82, 2.24) is 0 Å². The molecule has 0 radical (unpaired) electrons. The number of rotatable bonds is 4. The Morgan fingerprint density at radius 1 is 1.31 bits per heavy atom.